The van der Waals surface area contributed by atoms with E-state index in [1.54, 1.807) is 15.9 Å². The highest BCUT2D eigenvalue weighted by Crippen LogP contribution is 2.22. The van der Waals surface area contributed by atoms with Gasteiger partial charge in [0.1, 0.15) is 12.7 Å². The van der Waals surface area contributed by atoms with Gasteiger partial charge in [-0.05, 0) is 37.7 Å². The van der Waals surface area contributed by atoms with Gasteiger partial charge in [0.25, 0.3) is 0 Å². The van der Waals surface area contributed by atoms with E-state index in [0.717, 1.165) is 31.5 Å². The highest BCUT2D eigenvalue weighted by molar-refractivity contribution is 5.75. The molecule has 0 bridgehead atoms. The van der Waals surface area contributed by atoms with E-state index in [9.17, 15) is 4.79 Å². The molecular formula is C16H24N6O. The normalized spacial score (nSPS) is 14.3. The minimum atomic E-state index is 0.149. The molecule has 0 saturated carbocycles. The van der Waals surface area contributed by atoms with Crippen molar-refractivity contribution in [3.05, 3.63) is 29.6 Å². The van der Waals surface area contributed by atoms with Gasteiger partial charge in [-0.2, -0.15) is 10.2 Å². The number of carbonyl (C=O) groups excluding carboxylic acids is 1. The van der Waals surface area contributed by atoms with E-state index < -0.39 is 0 Å². The minimum absolute atomic E-state index is 0.149. The Labute approximate surface area is 136 Å². The van der Waals surface area contributed by atoms with Crippen LogP contribution in [0.1, 0.15) is 49.1 Å². The molecular weight excluding hydrogens is 292 g/mol. The molecule has 2 heterocycles. The summed E-state index contributed by atoms with van der Waals surface area (Å²) < 4.78 is 1.75. The third-order valence-electron chi connectivity index (χ3n) is 4.45. The molecule has 23 heavy (non-hydrogen) atoms. The van der Waals surface area contributed by atoms with Crippen molar-refractivity contribution in [2.45, 2.75) is 58.0 Å². The zero-order chi connectivity index (χ0) is 16.1. The van der Waals surface area contributed by atoms with Gasteiger partial charge < -0.3 is 4.90 Å². The second kappa shape index (κ2) is 7.39. The fourth-order valence-electron chi connectivity index (χ4n) is 3.10. The van der Waals surface area contributed by atoms with Crippen LogP contribution in [-0.4, -0.2) is 42.8 Å². The molecule has 0 aromatic carbocycles. The molecule has 0 spiro atoms. The largest absolute Gasteiger partial charge is 0.340 e. The maximum Gasteiger partial charge on any atom is 0.222 e. The molecule has 1 aliphatic carbocycles. The van der Waals surface area contributed by atoms with Crippen molar-refractivity contribution < 1.29 is 4.79 Å². The summed E-state index contributed by atoms with van der Waals surface area (Å²) in [5.74, 6) is 0.149. The molecule has 7 nitrogen and oxygen atoms in total. The van der Waals surface area contributed by atoms with Crippen LogP contribution in [0, 0.1) is 0 Å². The molecule has 0 atom stereocenters. The fourth-order valence-corrected chi connectivity index (χ4v) is 3.10. The molecule has 1 amide bonds. The number of aromatic nitrogens is 5. The van der Waals surface area contributed by atoms with E-state index in [4.69, 9.17) is 0 Å². The van der Waals surface area contributed by atoms with Crippen molar-refractivity contribution >= 4 is 5.91 Å². The first kappa shape index (κ1) is 15.7. The van der Waals surface area contributed by atoms with Crippen LogP contribution in [0.5, 0.6) is 0 Å². The molecule has 124 valence electrons. The van der Waals surface area contributed by atoms with Crippen LogP contribution >= 0.6 is 0 Å². The summed E-state index contributed by atoms with van der Waals surface area (Å²) >= 11 is 0. The lowest BCUT2D eigenvalue weighted by Gasteiger charge is -2.16. The van der Waals surface area contributed by atoms with Crippen molar-refractivity contribution in [3.8, 4) is 0 Å². The number of rotatable bonds is 6. The van der Waals surface area contributed by atoms with Crippen molar-refractivity contribution in [1.29, 1.82) is 0 Å². The van der Waals surface area contributed by atoms with Crippen molar-refractivity contribution in [1.82, 2.24) is 29.9 Å². The summed E-state index contributed by atoms with van der Waals surface area (Å²) in [6, 6.07) is 0. The first-order valence-corrected chi connectivity index (χ1v) is 8.35. The Bertz CT molecular complexity index is 633. The van der Waals surface area contributed by atoms with Gasteiger partial charge in [-0.3, -0.25) is 14.6 Å². The molecule has 3 rings (SSSR count). The van der Waals surface area contributed by atoms with Gasteiger partial charge in [0.15, 0.2) is 0 Å². The highest BCUT2D eigenvalue weighted by Gasteiger charge is 2.18. The van der Waals surface area contributed by atoms with Crippen molar-refractivity contribution in [2.75, 3.05) is 7.05 Å². The number of nitrogens with one attached hydrogen (secondary N) is 1. The lowest BCUT2D eigenvalue weighted by molar-refractivity contribution is -0.130. The predicted octanol–water partition coefficient (Wildman–Crippen LogP) is 1.71. The Morgan fingerprint density at radius 2 is 2.22 bits per heavy atom. The predicted molar refractivity (Wildman–Crippen MR) is 85.6 cm³/mol. The second-order valence-electron chi connectivity index (χ2n) is 6.20. The summed E-state index contributed by atoms with van der Waals surface area (Å²) in [5.41, 5.74) is 3.64. The Morgan fingerprint density at radius 3 is 3.04 bits per heavy atom. The maximum absolute atomic E-state index is 12.3. The smallest absolute Gasteiger partial charge is 0.222 e. The van der Waals surface area contributed by atoms with E-state index in [-0.39, 0.29) is 5.91 Å². The number of hydrogen-bond acceptors (Lipinski definition) is 4. The number of carbonyl (C=O) groups is 1. The first-order valence-electron chi connectivity index (χ1n) is 8.35. The monoisotopic (exact) mass is 316 g/mol. The summed E-state index contributed by atoms with van der Waals surface area (Å²) in [4.78, 5) is 18.0. The summed E-state index contributed by atoms with van der Waals surface area (Å²) in [6.07, 6.45) is 10.4. The fraction of sp³-hybridized carbons (Fsp3) is 0.625. The van der Waals surface area contributed by atoms with E-state index in [2.05, 4.69) is 20.3 Å². The van der Waals surface area contributed by atoms with Gasteiger partial charge in [-0.25, -0.2) is 4.98 Å². The van der Waals surface area contributed by atoms with Gasteiger partial charge in [-0.15, -0.1) is 0 Å². The zero-order valence-corrected chi connectivity index (χ0v) is 13.7. The quantitative estimate of drug-likeness (QED) is 0.823. The first-order chi connectivity index (χ1) is 11.2. The maximum atomic E-state index is 12.3. The van der Waals surface area contributed by atoms with Crippen LogP contribution in [0.3, 0.4) is 0 Å². The van der Waals surface area contributed by atoms with Crippen LogP contribution in [0.2, 0.25) is 0 Å². The molecule has 0 radical (unpaired) electrons. The van der Waals surface area contributed by atoms with Gasteiger partial charge in [0, 0.05) is 25.7 Å². The Morgan fingerprint density at radius 1 is 1.35 bits per heavy atom. The van der Waals surface area contributed by atoms with Crippen molar-refractivity contribution in [2.24, 2.45) is 0 Å². The van der Waals surface area contributed by atoms with Crippen LogP contribution in [0.4, 0.5) is 0 Å². The third kappa shape index (κ3) is 3.97. The molecule has 0 saturated heterocycles. The lowest BCUT2D eigenvalue weighted by atomic mass is 10.1. The van der Waals surface area contributed by atoms with Crippen molar-refractivity contribution in [3.63, 3.8) is 0 Å². The Kier molecular flexibility index (Phi) is 5.05. The number of fused-ring (bicyclic) bond motifs is 1. The molecule has 0 unspecified atom stereocenters. The van der Waals surface area contributed by atoms with Crippen LogP contribution < -0.4 is 0 Å². The SMILES string of the molecule is CN(Cc1n[nH]c2c1CCCCC2)C(=O)CCCn1cncn1. The lowest BCUT2D eigenvalue weighted by Crippen LogP contribution is -2.26. The molecule has 0 fully saturated rings. The molecule has 1 aliphatic rings. The van der Waals surface area contributed by atoms with E-state index in [0.29, 0.717) is 13.0 Å². The van der Waals surface area contributed by atoms with E-state index in [1.165, 1.54) is 36.8 Å². The standard InChI is InChI=1S/C16H24N6O/c1-21(16(23)8-5-9-22-12-17-11-18-22)10-15-13-6-3-2-4-7-14(13)19-20-15/h11-12H,2-10H2,1H3,(H,19,20). The summed E-state index contributed by atoms with van der Waals surface area (Å²) in [7, 11) is 1.86. The van der Waals surface area contributed by atoms with Gasteiger partial charge in [-0.1, -0.05) is 6.42 Å². The molecule has 2 aromatic heterocycles. The van der Waals surface area contributed by atoms with E-state index in [1.807, 2.05) is 7.05 Å². The highest BCUT2D eigenvalue weighted by atomic mass is 16.2. The average molecular weight is 316 g/mol. The number of amides is 1. The van der Waals surface area contributed by atoms with Gasteiger partial charge in [0.05, 0.1) is 12.2 Å². The third-order valence-corrected chi connectivity index (χ3v) is 4.45. The van der Waals surface area contributed by atoms with Crippen LogP contribution in [0.15, 0.2) is 12.7 Å². The summed E-state index contributed by atoms with van der Waals surface area (Å²) in [6.45, 7) is 1.31. The molecule has 1 N–H and O–H groups in total. The number of nitrogens with zero attached hydrogens (tertiary/aromatic N) is 5. The topological polar surface area (TPSA) is 79.7 Å². The number of aryl methyl sites for hydroxylation is 2. The number of hydrogen-bond donors (Lipinski definition) is 1. The summed E-state index contributed by atoms with van der Waals surface area (Å²) in [5, 5.41) is 11.6. The number of aromatic amines is 1. The molecule has 7 heteroatoms. The Hall–Kier alpha value is -2.18. The second-order valence-corrected chi connectivity index (χ2v) is 6.20. The average Bonchev–Trinajstić information content (AvgIpc) is 3.12. The van der Waals surface area contributed by atoms with E-state index >= 15 is 0 Å². The minimum Gasteiger partial charge on any atom is -0.340 e. The molecule has 0 aliphatic heterocycles. The molecule has 2 aromatic rings. The number of H-pyrrole nitrogens is 1. The van der Waals surface area contributed by atoms with Crippen LogP contribution in [0.25, 0.3) is 0 Å². The van der Waals surface area contributed by atoms with Crippen LogP contribution in [-0.2, 0) is 30.7 Å². The van der Waals surface area contributed by atoms with Gasteiger partial charge in [0.2, 0.25) is 5.91 Å². The van der Waals surface area contributed by atoms with Gasteiger partial charge >= 0.3 is 0 Å². The Balaban J connectivity index is 1.51. The zero-order valence-electron chi connectivity index (χ0n) is 13.7.